The van der Waals surface area contributed by atoms with Gasteiger partial charge in [-0.25, -0.2) is 4.79 Å². The van der Waals surface area contributed by atoms with Crippen LogP contribution in [-0.4, -0.2) is 23.6 Å². The second-order valence-electron chi connectivity index (χ2n) is 6.68. The van der Waals surface area contributed by atoms with Crippen molar-refractivity contribution in [2.75, 3.05) is 6.61 Å². The van der Waals surface area contributed by atoms with Crippen molar-refractivity contribution in [2.24, 2.45) is 4.99 Å². The summed E-state index contributed by atoms with van der Waals surface area (Å²) in [6, 6.07) is 25.7. The maximum absolute atomic E-state index is 12.4. The molecule has 0 spiro atoms. The highest BCUT2D eigenvalue weighted by Crippen LogP contribution is 2.32. The van der Waals surface area contributed by atoms with E-state index in [-0.39, 0.29) is 6.02 Å². The zero-order valence-electron chi connectivity index (χ0n) is 16.2. The van der Waals surface area contributed by atoms with Crippen LogP contribution < -0.4 is 4.74 Å². The molecule has 1 aliphatic rings. The Morgan fingerprint density at radius 3 is 2.00 bits per heavy atom. The van der Waals surface area contributed by atoms with Crippen LogP contribution in [-0.2, 0) is 17.8 Å². The molecule has 5 heteroatoms. The maximum Gasteiger partial charge on any atom is 0.443 e. The number of carbonyl (C=O) groups excluding carboxylic acids is 1. The zero-order valence-corrected chi connectivity index (χ0v) is 16.2. The summed E-state index contributed by atoms with van der Waals surface area (Å²) in [5.74, 6) is 0.448. The van der Waals surface area contributed by atoms with Gasteiger partial charge in [-0.3, -0.25) is 0 Å². The van der Waals surface area contributed by atoms with E-state index in [1.54, 1.807) is 24.3 Å². The molecule has 146 valence electrons. The first-order valence-corrected chi connectivity index (χ1v) is 9.64. The van der Waals surface area contributed by atoms with Crippen LogP contribution in [0.3, 0.4) is 0 Å². The van der Waals surface area contributed by atoms with Gasteiger partial charge in [-0.2, -0.15) is 0 Å². The van der Waals surface area contributed by atoms with E-state index >= 15 is 0 Å². The Balaban J connectivity index is 1.66. The molecule has 1 amide bonds. The second kappa shape index (κ2) is 8.61. The smallest absolute Gasteiger partial charge is 0.443 e. The molecule has 1 aliphatic heterocycles. The van der Waals surface area contributed by atoms with Crippen LogP contribution in [0.2, 0.25) is 0 Å². The molecule has 0 fully saturated rings. The van der Waals surface area contributed by atoms with Gasteiger partial charge in [0, 0.05) is 13.1 Å². The summed E-state index contributed by atoms with van der Waals surface area (Å²) in [5, 5.41) is 0. The molecule has 0 saturated heterocycles. The average molecular weight is 386 g/mol. The van der Waals surface area contributed by atoms with Crippen molar-refractivity contribution in [2.45, 2.75) is 20.0 Å². The van der Waals surface area contributed by atoms with Crippen LogP contribution >= 0.6 is 0 Å². The van der Waals surface area contributed by atoms with Gasteiger partial charge in [-0.05, 0) is 41.3 Å². The van der Waals surface area contributed by atoms with Crippen molar-refractivity contribution in [3.63, 3.8) is 0 Å². The van der Waals surface area contributed by atoms with Gasteiger partial charge in [0.25, 0.3) is 6.02 Å². The topological polar surface area (TPSA) is 51.1 Å². The third-order valence-electron chi connectivity index (χ3n) is 4.73. The van der Waals surface area contributed by atoms with E-state index in [1.807, 2.05) is 42.2 Å². The standard InChI is InChI=1S/C24H22N2O3/c1-2-28-23(25-24(27)29-20-12-4-3-5-13-20)26-16-18-10-6-8-14-21(18)22-15-9-7-11-19(22)17-26/h3-15H,2,16-17H2,1H3. The molecule has 3 aromatic rings. The van der Waals surface area contributed by atoms with Gasteiger partial charge in [0.15, 0.2) is 0 Å². The molecule has 3 aromatic carbocycles. The number of para-hydroxylation sites is 1. The van der Waals surface area contributed by atoms with Crippen LogP contribution in [0.4, 0.5) is 4.79 Å². The fourth-order valence-corrected chi connectivity index (χ4v) is 3.46. The number of aliphatic imine (C=N–C) groups is 1. The Kier molecular flexibility index (Phi) is 5.56. The third kappa shape index (κ3) is 4.29. The number of nitrogens with zero attached hydrogens (tertiary/aromatic N) is 2. The maximum atomic E-state index is 12.4. The monoisotopic (exact) mass is 386 g/mol. The van der Waals surface area contributed by atoms with Gasteiger partial charge >= 0.3 is 6.09 Å². The molecule has 0 aromatic heterocycles. The molecule has 4 rings (SSSR count). The summed E-state index contributed by atoms with van der Waals surface area (Å²) in [5.41, 5.74) is 4.68. The Morgan fingerprint density at radius 1 is 0.862 bits per heavy atom. The Labute approximate surface area is 170 Å². The number of benzene rings is 3. The van der Waals surface area contributed by atoms with E-state index in [9.17, 15) is 4.79 Å². The summed E-state index contributed by atoms with van der Waals surface area (Å²) in [7, 11) is 0. The first kappa shape index (κ1) is 18.7. The van der Waals surface area contributed by atoms with Crippen LogP contribution in [0, 0.1) is 0 Å². The molecule has 0 aliphatic carbocycles. The number of ether oxygens (including phenoxy) is 2. The molecule has 0 bridgehead atoms. The Morgan fingerprint density at radius 2 is 1.41 bits per heavy atom. The van der Waals surface area contributed by atoms with E-state index < -0.39 is 6.09 Å². The summed E-state index contributed by atoms with van der Waals surface area (Å²) in [6.07, 6.45) is -0.703. The number of amidine groups is 1. The predicted molar refractivity (Wildman–Crippen MR) is 113 cm³/mol. The number of rotatable bonds is 2. The van der Waals surface area contributed by atoms with Gasteiger partial charge < -0.3 is 14.4 Å². The van der Waals surface area contributed by atoms with Crippen LogP contribution in [0.1, 0.15) is 18.1 Å². The lowest BCUT2D eigenvalue weighted by atomic mass is 9.97. The van der Waals surface area contributed by atoms with E-state index in [0.29, 0.717) is 25.4 Å². The summed E-state index contributed by atoms with van der Waals surface area (Å²) < 4.78 is 11.1. The van der Waals surface area contributed by atoms with E-state index in [2.05, 4.69) is 29.3 Å². The molecule has 0 N–H and O–H groups in total. The molecule has 1 heterocycles. The van der Waals surface area contributed by atoms with Crippen molar-refractivity contribution in [3.8, 4) is 16.9 Å². The zero-order chi connectivity index (χ0) is 20.1. The number of carbonyl (C=O) groups is 1. The Hall–Kier alpha value is -3.60. The molecular weight excluding hydrogens is 364 g/mol. The number of amides is 1. The fourth-order valence-electron chi connectivity index (χ4n) is 3.46. The SMILES string of the molecule is CCOC(=NC(=O)Oc1ccccc1)N1Cc2ccccc2-c2ccccc2C1. The van der Waals surface area contributed by atoms with Gasteiger partial charge in [0.1, 0.15) is 5.75 Å². The normalized spacial score (nSPS) is 13.1. The van der Waals surface area contributed by atoms with Crippen molar-refractivity contribution in [1.82, 2.24) is 4.90 Å². The first-order chi connectivity index (χ1) is 14.2. The summed E-state index contributed by atoms with van der Waals surface area (Å²) >= 11 is 0. The molecule has 0 atom stereocenters. The quantitative estimate of drug-likeness (QED) is 0.445. The lowest BCUT2D eigenvalue weighted by Crippen LogP contribution is -2.32. The van der Waals surface area contributed by atoms with Crippen molar-refractivity contribution in [1.29, 1.82) is 0 Å². The summed E-state index contributed by atoms with van der Waals surface area (Å²) in [6.45, 7) is 3.44. The van der Waals surface area contributed by atoms with E-state index in [4.69, 9.17) is 9.47 Å². The van der Waals surface area contributed by atoms with E-state index in [1.165, 1.54) is 11.1 Å². The first-order valence-electron chi connectivity index (χ1n) is 9.64. The van der Waals surface area contributed by atoms with Gasteiger partial charge in [0.05, 0.1) is 6.61 Å². The third-order valence-corrected chi connectivity index (χ3v) is 4.73. The minimum Gasteiger partial charge on any atom is -0.465 e. The van der Waals surface area contributed by atoms with Crippen LogP contribution in [0.15, 0.2) is 83.9 Å². The Bertz CT molecular complexity index is 984. The minimum absolute atomic E-state index is 0.264. The molecule has 5 nitrogen and oxygen atoms in total. The molecule has 29 heavy (non-hydrogen) atoms. The van der Waals surface area contributed by atoms with E-state index in [0.717, 1.165) is 11.1 Å². The second-order valence-corrected chi connectivity index (χ2v) is 6.68. The average Bonchev–Trinajstić information content (AvgIpc) is 2.91. The van der Waals surface area contributed by atoms with Crippen molar-refractivity contribution in [3.05, 3.63) is 90.0 Å². The predicted octanol–water partition coefficient (Wildman–Crippen LogP) is 5.26. The highest BCUT2D eigenvalue weighted by molar-refractivity contribution is 5.88. The molecular formula is C24H22N2O3. The van der Waals surface area contributed by atoms with Crippen molar-refractivity contribution < 1.29 is 14.3 Å². The minimum atomic E-state index is -0.703. The fraction of sp³-hybridized carbons (Fsp3) is 0.167. The number of hydrogen-bond donors (Lipinski definition) is 0. The number of hydrogen-bond acceptors (Lipinski definition) is 3. The highest BCUT2D eigenvalue weighted by atomic mass is 16.6. The van der Waals surface area contributed by atoms with Crippen LogP contribution in [0.25, 0.3) is 11.1 Å². The molecule has 0 radical (unpaired) electrons. The molecule has 0 saturated carbocycles. The van der Waals surface area contributed by atoms with Crippen LogP contribution in [0.5, 0.6) is 5.75 Å². The molecule has 0 unspecified atom stereocenters. The number of fused-ring (bicyclic) bond motifs is 3. The highest BCUT2D eigenvalue weighted by Gasteiger charge is 2.23. The lowest BCUT2D eigenvalue weighted by Gasteiger charge is -2.24. The van der Waals surface area contributed by atoms with Gasteiger partial charge in [0.2, 0.25) is 0 Å². The van der Waals surface area contributed by atoms with Gasteiger partial charge in [-0.1, -0.05) is 66.7 Å². The van der Waals surface area contributed by atoms with Crippen molar-refractivity contribution >= 4 is 12.1 Å². The van der Waals surface area contributed by atoms with Gasteiger partial charge in [-0.15, -0.1) is 4.99 Å². The summed E-state index contributed by atoms with van der Waals surface area (Å²) in [4.78, 5) is 18.5. The largest absolute Gasteiger partial charge is 0.465 e. The lowest BCUT2D eigenvalue weighted by molar-refractivity contribution is 0.202.